The van der Waals surface area contributed by atoms with Crippen molar-refractivity contribution in [1.82, 2.24) is 14.8 Å². The summed E-state index contributed by atoms with van der Waals surface area (Å²) in [4.78, 5) is 17.4. The molecule has 0 amide bonds. The maximum absolute atomic E-state index is 12.9. The van der Waals surface area contributed by atoms with E-state index in [9.17, 15) is 4.79 Å². The largest absolute Gasteiger partial charge is 0.328 e. The first-order valence-electron chi connectivity index (χ1n) is 9.00. The molecule has 1 aliphatic carbocycles. The first-order chi connectivity index (χ1) is 11.9. The molecule has 25 heavy (non-hydrogen) atoms. The summed E-state index contributed by atoms with van der Waals surface area (Å²) in [7, 11) is 0. The second kappa shape index (κ2) is 5.83. The van der Waals surface area contributed by atoms with Crippen LogP contribution in [0.4, 0.5) is 5.95 Å². The van der Waals surface area contributed by atoms with Crippen molar-refractivity contribution < 1.29 is 4.79 Å². The van der Waals surface area contributed by atoms with Crippen LogP contribution in [0.1, 0.15) is 62.5 Å². The Morgan fingerprint density at radius 2 is 1.92 bits per heavy atom. The minimum absolute atomic E-state index is 0.186. The van der Waals surface area contributed by atoms with Crippen LogP contribution in [0, 0.1) is 12.8 Å². The fourth-order valence-corrected chi connectivity index (χ4v) is 3.88. The van der Waals surface area contributed by atoms with Crippen molar-refractivity contribution in [2.45, 2.75) is 52.5 Å². The lowest BCUT2D eigenvalue weighted by molar-refractivity contribution is -0.117. The summed E-state index contributed by atoms with van der Waals surface area (Å²) in [5.74, 6) is 2.51. The van der Waals surface area contributed by atoms with E-state index >= 15 is 0 Å². The van der Waals surface area contributed by atoms with Crippen molar-refractivity contribution >= 4 is 11.7 Å². The zero-order chi connectivity index (χ0) is 17.7. The van der Waals surface area contributed by atoms with Gasteiger partial charge in [-0.15, -0.1) is 0 Å². The highest BCUT2D eigenvalue weighted by Crippen LogP contribution is 2.41. The number of hydrogen-bond donors (Lipinski definition) is 1. The van der Waals surface area contributed by atoms with Gasteiger partial charge in [0.05, 0.1) is 0 Å². The quantitative estimate of drug-likeness (QED) is 0.901. The third-order valence-corrected chi connectivity index (χ3v) is 5.15. The lowest BCUT2D eigenvalue weighted by Crippen LogP contribution is -2.33. The number of aryl methyl sites for hydroxylation is 1. The van der Waals surface area contributed by atoms with Crippen molar-refractivity contribution in [1.29, 1.82) is 0 Å². The molecule has 2 aromatic rings. The molecule has 0 saturated carbocycles. The average molecular weight is 336 g/mol. The molecule has 5 nitrogen and oxygen atoms in total. The summed E-state index contributed by atoms with van der Waals surface area (Å²) < 4.78 is 1.87. The number of nitrogens with one attached hydrogen (secondary N) is 1. The number of allylic oxidation sites excluding steroid dienone is 2. The van der Waals surface area contributed by atoms with Crippen LogP contribution < -0.4 is 5.32 Å². The number of aromatic nitrogens is 3. The summed E-state index contributed by atoms with van der Waals surface area (Å²) in [5.41, 5.74) is 4.26. The Kier molecular flexibility index (Phi) is 3.74. The van der Waals surface area contributed by atoms with Crippen molar-refractivity contribution in [3.63, 3.8) is 0 Å². The number of benzene rings is 1. The van der Waals surface area contributed by atoms with Gasteiger partial charge in [-0.3, -0.25) is 4.79 Å². The summed E-state index contributed by atoms with van der Waals surface area (Å²) in [5, 5.41) is 7.93. The maximum atomic E-state index is 12.9. The smallest absolute Gasteiger partial charge is 0.226 e. The van der Waals surface area contributed by atoms with Gasteiger partial charge in [-0.25, -0.2) is 4.68 Å². The molecule has 2 aliphatic rings. The number of carbonyl (C=O) groups is 1. The summed E-state index contributed by atoms with van der Waals surface area (Å²) in [6.45, 7) is 8.38. The summed E-state index contributed by atoms with van der Waals surface area (Å²) in [6, 6.07) is 8.38. The molecule has 0 bridgehead atoms. The van der Waals surface area contributed by atoms with E-state index in [1.54, 1.807) is 0 Å². The first kappa shape index (κ1) is 16.1. The molecular formula is C20H24N4O. The van der Waals surface area contributed by atoms with Crippen molar-refractivity contribution in [2.75, 3.05) is 5.32 Å². The number of carbonyl (C=O) groups excluding carboxylic acids is 1. The van der Waals surface area contributed by atoms with Gasteiger partial charge in [-0.1, -0.05) is 45.0 Å². The molecule has 2 atom stereocenters. The normalized spacial score (nSPS) is 22.7. The Bertz CT molecular complexity index is 860. The number of fused-ring (bicyclic) bond motifs is 1. The monoisotopic (exact) mass is 336 g/mol. The van der Waals surface area contributed by atoms with Gasteiger partial charge < -0.3 is 5.32 Å². The Morgan fingerprint density at radius 1 is 1.20 bits per heavy atom. The van der Waals surface area contributed by atoms with E-state index in [1.165, 1.54) is 5.56 Å². The van der Waals surface area contributed by atoms with Crippen LogP contribution in [0.2, 0.25) is 0 Å². The van der Waals surface area contributed by atoms with Crippen molar-refractivity contribution in [3.05, 3.63) is 52.5 Å². The Labute approximate surface area is 148 Å². The molecule has 1 aromatic heterocycles. The van der Waals surface area contributed by atoms with Crippen LogP contribution in [0.3, 0.4) is 0 Å². The topological polar surface area (TPSA) is 59.8 Å². The molecule has 2 heterocycles. The molecule has 0 fully saturated rings. The molecule has 1 aliphatic heterocycles. The molecule has 1 aromatic carbocycles. The fraction of sp³-hybridized carbons (Fsp3) is 0.450. The van der Waals surface area contributed by atoms with Gasteiger partial charge in [0.25, 0.3) is 0 Å². The molecule has 0 saturated heterocycles. The standard InChI is InChI=1S/C20H24N4O/c1-11(2)14-5-7-15(8-6-14)19-18-16(9-12(3)10-17(18)25)22-20-21-13(4)23-24(19)20/h5-8,11-12,19H,9-10H2,1-4H3,(H,21,22,23). The zero-order valence-electron chi connectivity index (χ0n) is 15.2. The zero-order valence-corrected chi connectivity index (χ0v) is 15.2. The van der Waals surface area contributed by atoms with E-state index in [4.69, 9.17) is 0 Å². The van der Waals surface area contributed by atoms with Crippen LogP contribution >= 0.6 is 0 Å². The van der Waals surface area contributed by atoms with E-state index in [0.717, 1.165) is 29.2 Å². The summed E-state index contributed by atoms with van der Waals surface area (Å²) in [6.07, 6.45) is 1.48. The molecule has 0 spiro atoms. The number of Topliss-reactive ketones (excluding diaryl/α,β-unsaturated/α-hetero) is 1. The maximum Gasteiger partial charge on any atom is 0.226 e. The SMILES string of the molecule is Cc1nc2n(n1)C(c1ccc(C(C)C)cc1)C1=C(CC(C)CC1=O)N2. The number of ketones is 1. The van der Waals surface area contributed by atoms with Crippen LogP contribution in [0.15, 0.2) is 35.5 Å². The highest BCUT2D eigenvalue weighted by atomic mass is 16.1. The van der Waals surface area contributed by atoms with Gasteiger partial charge in [-0.2, -0.15) is 10.1 Å². The minimum Gasteiger partial charge on any atom is -0.328 e. The molecule has 0 radical (unpaired) electrons. The highest BCUT2D eigenvalue weighted by Gasteiger charge is 2.38. The van der Waals surface area contributed by atoms with E-state index in [1.807, 2.05) is 11.6 Å². The first-order valence-corrected chi connectivity index (χ1v) is 9.00. The van der Waals surface area contributed by atoms with Gasteiger partial charge >= 0.3 is 0 Å². The molecule has 130 valence electrons. The van der Waals surface area contributed by atoms with E-state index in [-0.39, 0.29) is 11.8 Å². The van der Waals surface area contributed by atoms with Gasteiger partial charge in [0.2, 0.25) is 5.95 Å². The van der Waals surface area contributed by atoms with Gasteiger partial charge in [0, 0.05) is 17.7 Å². The van der Waals surface area contributed by atoms with E-state index < -0.39 is 0 Å². The number of hydrogen-bond acceptors (Lipinski definition) is 4. The van der Waals surface area contributed by atoms with Gasteiger partial charge in [-0.05, 0) is 36.3 Å². The van der Waals surface area contributed by atoms with Crippen LogP contribution in [0.5, 0.6) is 0 Å². The number of rotatable bonds is 2. The Morgan fingerprint density at radius 3 is 2.60 bits per heavy atom. The predicted octanol–water partition coefficient (Wildman–Crippen LogP) is 3.98. The minimum atomic E-state index is -0.186. The molecule has 1 N–H and O–H groups in total. The highest BCUT2D eigenvalue weighted by molar-refractivity contribution is 5.99. The third kappa shape index (κ3) is 2.68. The van der Waals surface area contributed by atoms with E-state index in [2.05, 4.69) is 60.4 Å². The van der Waals surface area contributed by atoms with Crippen LogP contribution in [0.25, 0.3) is 0 Å². The fourth-order valence-electron chi connectivity index (χ4n) is 3.88. The van der Waals surface area contributed by atoms with Gasteiger partial charge in [0.1, 0.15) is 11.9 Å². The Balaban J connectivity index is 1.85. The molecule has 4 rings (SSSR count). The van der Waals surface area contributed by atoms with Crippen molar-refractivity contribution in [2.24, 2.45) is 5.92 Å². The molecular weight excluding hydrogens is 312 g/mol. The molecule has 2 unspecified atom stereocenters. The lowest BCUT2D eigenvalue weighted by Gasteiger charge is -2.34. The lowest BCUT2D eigenvalue weighted by atomic mass is 9.81. The average Bonchev–Trinajstić information content (AvgIpc) is 2.92. The van der Waals surface area contributed by atoms with Gasteiger partial charge in [0.15, 0.2) is 5.78 Å². The van der Waals surface area contributed by atoms with Crippen LogP contribution in [-0.4, -0.2) is 20.5 Å². The molecule has 5 heteroatoms. The third-order valence-electron chi connectivity index (χ3n) is 5.15. The second-order valence-electron chi connectivity index (χ2n) is 7.60. The second-order valence-corrected chi connectivity index (χ2v) is 7.60. The van der Waals surface area contributed by atoms with Crippen LogP contribution in [-0.2, 0) is 4.79 Å². The number of anilines is 1. The van der Waals surface area contributed by atoms with E-state index in [0.29, 0.717) is 24.1 Å². The summed E-state index contributed by atoms with van der Waals surface area (Å²) >= 11 is 0. The predicted molar refractivity (Wildman–Crippen MR) is 97.5 cm³/mol. The number of nitrogens with zero attached hydrogens (tertiary/aromatic N) is 3. The Hall–Kier alpha value is -2.43. The van der Waals surface area contributed by atoms with Crippen molar-refractivity contribution in [3.8, 4) is 0 Å².